The average Bonchev–Trinajstić information content (AvgIpc) is 3.13. The van der Waals surface area contributed by atoms with Gasteiger partial charge in [-0.1, -0.05) is 0 Å². The number of nitrogens with one attached hydrogen (secondary N) is 2. The number of piperazine rings is 1. The number of sulfonamides is 1. The molecule has 2 fully saturated rings. The zero-order valence-electron chi connectivity index (χ0n) is 14.7. The third-order valence-electron chi connectivity index (χ3n) is 4.94. The summed E-state index contributed by atoms with van der Waals surface area (Å²) in [7, 11) is -3.73. The van der Waals surface area contributed by atoms with Crippen LogP contribution in [-0.2, 0) is 14.8 Å². The number of carbonyl (C=O) groups excluding carboxylic acids is 1. The molecule has 3 rings (SSSR count). The molecular formula is C17H25FN4O3S. The number of hydrogen-bond acceptors (Lipinski definition) is 5. The quantitative estimate of drug-likeness (QED) is 0.722. The summed E-state index contributed by atoms with van der Waals surface area (Å²) in [4.78, 5) is 16.6. The van der Waals surface area contributed by atoms with Crippen LogP contribution in [0.2, 0.25) is 0 Å². The second kappa shape index (κ2) is 8.43. The normalized spacial score (nSPS) is 21.9. The van der Waals surface area contributed by atoms with Crippen molar-refractivity contribution >= 4 is 15.9 Å². The molecule has 0 radical (unpaired) electrons. The van der Waals surface area contributed by atoms with E-state index in [2.05, 4.69) is 14.9 Å². The molecule has 7 nitrogen and oxygen atoms in total. The Labute approximate surface area is 153 Å². The molecule has 9 heteroatoms. The van der Waals surface area contributed by atoms with E-state index in [1.165, 1.54) is 12.1 Å². The van der Waals surface area contributed by atoms with E-state index in [9.17, 15) is 17.6 Å². The second-order valence-corrected chi connectivity index (χ2v) is 8.44. The fourth-order valence-corrected chi connectivity index (χ4v) is 4.49. The fraction of sp³-hybridized carbons (Fsp3) is 0.588. The Morgan fingerprint density at radius 1 is 1.19 bits per heavy atom. The van der Waals surface area contributed by atoms with Crippen molar-refractivity contribution < 1.29 is 17.6 Å². The maximum Gasteiger partial charge on any atom is 0.240 e. The third kappa shape index (κ3) is 4.79. The maximum absolute atomic E-state index is 12.9. The molecule has 2 N–H and O–H groups in total. The number of rotatable bonds is 6. The highest BCUT2D eigenvalue weighted by molar-refractivity contribution is 7.89. The van der Waals surface area contributed by atoms with Crippen molar-refractivity contribution in [3.05, 3.63) is 30.1 Å². The predicted molar refractivity (Wildman–Crippen MR) is 95.6 cm³/mol. The summed E-state index contributed by atoms with van der Waals surface area (Å²) in [6.07, 6.45) is 1.09. The van der Waals surface area contributed by atoms with Gasteiger partial charge in [0, 0.05) is 58.3 Å². The van der Waals surface area contributed by atoms with E-state index in [0.29, 0.717) is 12.6 Å². The highest BCUT2D eigenvalue weighted by atomic mass is 32.2. The molecule has 0 saturated carbocycles. The van der Waals surface area contributed by atoms with Gasteiger partial charge in [0.05, 0.1) is 4.90 Å². The standard InChI is InChI=1S/C17H25FN4O3S/c18-14-1-3-16(4-2-14)26(24,25)20-7-5-17(23)22-10-6-15(13-22)21-11-8-19-9-12-21/h1-4,15,19-20H,5-13H2. The summed E-state index contributed by atoms with van der Waals surface area (Å²) >= 11 is 0. The first-order chi connectivity index (χ1) is 12.5. The van der Waals surface area contributed by atoms with E-state index in [1.807, 2.05) is 4.90 Å². The minimum atomic E-state index is -3.73. The Bertz CT molecular complexity index is 720. The fourth-order valence-electron chi connectivity index (χ4n) is 3.46. The van der Waals surface area contributed by atoms with Crippen molar-refractivity contribution in [1.29, 1.82) is 0 Å². The highest BCUT2D eigenvalue weighted by Gasteiger charge is 2.30. The largest absolute Gasteiger partial charge is 0.341 e. The summed E-state index contributed by atoms with van der Waals surface area (Å²) in [5.41, 5.74) is 0. The number of benzene rings is 1. The van der Waals surface area contributed by atoms with Crippen LogP contribution < -0.4 is 10.0 Å². The lowest BCUT2D eigenvalue weighted by molar-refractivity contribution is -0.130. The van der Waals surface area contributed by atoms with Gasteiger partial charge in [-0.2, -0.15) is 0 Å². The Morgan fingerprint density at radius 3 is 2.58 bits per heavy atom. The van der Waals surface area contributed by atoms with E-state index in [1.54, 1.807) is 0 Å². The van der Waals surface area contributed by atoms with Crippen LogP contribution in [0.5, 0.6) is 0 Å². The van der Waals surface area contributed by atoms with Gasteiger partial charge in [-0.25, -0.2) is 17.5 Å². The van der Waals surface area contributed by atoms with Gasteiger partial charge < -0.3 is 10.2 Å². The molecular weight excluding hydrogens is 359 g/mol. The number of amides is 1. The van der Waals surface area contributed by atoms with Crippen molar-refractivity contribution in [3.63, 3.8) is 0 Å². The van der Waals surface area contributed by atoms with Gasteiger partial charge in [-0.15, -0.1) is 0 Å². The lowest BCUT2D eigenvalue weighted by Crippen LogP contribution is -2.49. The molecule has 144 valence electrons. The molecule has 1 aromatic rings. The first-order valence-corrected chi connectivity index (χ1v) is 10.4. The monoisotopic (exact) mass is 384 g/mol. The van der Waals surface area contributed by atoms with Gasteiger partial charge in [-0.05, 0) is 30.7 Å². The molecule has 1 atom stereocenters. The number of likely N-dealkylation sites (tertiary alicyclic amines) is 1. The molecule has 1 aromatic carbocycles. The smallest absolute Gasteiger partial charge is 0.240 e. The van der Waals surface area contributed by atoms with Crippen molar-refractivity contribution in [1.82, 2.24) is 19.8 Å². The summed E-state index contributed by atoms with van der Waals surface area (Å²) in [6.45, 7) is 5.44. The maximum atomic E-state index is 12.9. The Morgan fingerprint density at radius 2 is 1.88 bits per heavy atom. The molecule has 2 saturated heterocycles. The molecule has 1 amide bonds. The van der Waals surface area contributed by atoms with E-state index in [4.69, 9.17) is 0 Å². The molecule has 2 aliphatic rings. The van der Waals surface area contributed by atoms with Crippen LogP contribution in [0.4, 0.5) is 4.39 Å². The van der Waals surface area contributed by atoms with Gasteiger partial charge >= 0.3 is 0 Å². The SMILES string of the molecule is O=C(CCNS(=O)(=O)c1ccc(F)cc1)N1CCC(N2CCNCC2)C1. The predicted octanol–water partition coefficient (Wildman–Crippen LogP) is 0.000200. The Kier molecular flexibility index (Phi) is 6.23. The minimum absolute atomic E-state index is 0.00806. The molecule has 0 spiro atoms. The van der Waals surface area contributed by atoms with Crippen molar-refractivity contribution in [3.8, 4) is 0 Å². The average molecular weight is 384 g/mol. The molecule has 0 bridgehead atoms. The number of hydrogen-bond donors (Lipinski definition) is 2. The van der Waals surface area contributed by atoms with Crippen LogP contribution in [-0.4, -0.2) is 76.0 Å². The van der Waals surface area contributed by atoms with Gasteiger partial charge in [0.25, 0.3) is 0 Å². The van der Waals surface area contributed by atoms with Crippen LogP contribution in [0.3, 0.4) is 0 Å². The van der Waals surface area contributed by atoms with E-state index < -0.39 is 15.8 Å². The summed E-state index contributed by atoms with van der Waals surface area (Å²) in [5.74, 6) is -0.531. The van der Waals surface area contributed by atoms with Gasteiger partial charge in [0.15, 0.2) is 0 Å². The van der Waals surface area contributed by atoms with E-state index in [-0.39, 0.29) is 23.8 Å². The minimum Gasteiger partial charge on any atom is -0.341 e. The van der Waals surface area contributed by atoms with Crippen molar-refractivity contribution in [2.45, 2.75) is 23.8 Å². The van der Waals surface area contributed by atoms with Crippen molar-refractivity contribution in [2.24, 2.45) is 0 Å². The molecule has 1 unspecified atom stereocenters. The van der Waals surface area contributed by atoms with Crippen molar-refractivity contribution in [2.75, 3.05) is 45.8 Å². The third-order valence-corrected chi connectivity index (χ3v) is 6.42. The van der Waals surface area contributed by atoms with E-state index in [0.717, 1.165) is 51.3 Å². The van der Waals surface area contributed by atoms with Crippen LogP contribution >= 0.6 is 0 Å². The van der Waals surface area contributed by atoms with Crippen LogP contribution in [0.25, 0.3) is 0 Å². The van der Waals surface area contributed by atoms with Crippen LogP contribution in [0.15, 0.2) is 29.2 Å². The molecule has 26 heavy (non-hydrogen) atoms. The molecule has 0 aromatic heterocycles. The first kappa shape index (κ1) is 19.2. The lowest BCUT2D eigenvalue weighted by Gasteiger charge is -2.32. The summed E-state index contributed by atoms with van der Waals surface area (Å²) in [6, 6.07) is 5.01. The molecule has 0 aliphatic carbocycles. The Balaban J connectivity index is 1.44. The second-order valence-electron chi connectivity index (χ2n) is 6.67. The summed E-state index contributed by atoms with van der Waals surface area (Å²) in [5, 5.41) is 3.32. The van der Waals surface area contributed by atoms with Gasteiger partial charge in [0.1, 0.15) is 5.82 Å². The van der Waals surface area contributed by atoms with Crippen LogP contribution in [0, 0.1) is 5.82 Å². The number of carbonyl (C=O) groups is 1. The zero-order valence-corrected chi connectivity index (χ0v) is 15.5. The topological polar surface area (TPSA) is 81.8 Å². The van der Waals surface area contributed by atoms with Gasteiger partial charge in [0.2, 0.25) is 15.9 Å². The summed E-state index contributed by atoms with van der Waals surface area (Å²) < 4.78 is 39.6. The number of halogens is 1. The van der Waals surface area contributed by atoms with Crippen LogP contribution in [0.1, 0.15) is 12.8 Å². The first-order valence-electron chi connectivity index (χ1n) is 8.93. The lowest BCUT2D eigenvalue weighted by atomic mass is 10.2. The molecule has 2 aliphatic heterocycles. The van der Waals surface area contributed by atoms with E-state index >= 15 is 0 Å². The van der Waals surface area contributed by atoms with Gasteiger partial charge in [-0.3, -0.25) is 9.69 Å². The number of nitrogens with zero attached hydrogens (tertiary/aromatic N) is 2. The highest BCUT2D eigenvalue weighted by Crippen LogP contribution is 2.17. The Hall–Kier alpha value is -1.55. The zero-order chi connectivity index (χ0) is 18.6. The molecule has 2 heterocycles.